The van der Waals surface area contributed by atoms with Gasteiger partial charge in [-0.25, -0.2) is 12.7 Å². The van der Waals surface area contributed by atoms with Gasteiger partial charge in [-0.05, 0) is 27.2 Å². The van der Waals surface area contributed by atoms with Crippen molar-refractivity contribution in [2.75, 3.05) is 46.1 Å². The fourth-order valence-electron chi connectivity index (χ4n) is 1.70. The fourth-order valence-corrected chi connectivity index (χ4v) is 2.63. The van der Waals surface area contributed by atoms with Crippen molar-refractivity contribution in [3.8, 4) is 0 Å². The van der Waals surface area contributed by atoms with E-state index in [2.05, 4.69) is 15.6 Å². The molecule has 0 radical (unpaired) electrons. The maximum atomic E-state index is 11.5. The van der Waals surface area contributed by atoms with Gasteiger partial charge in [-0.3, -0.25) is 4.99 Å². The second-order valence-corrected chi connectivity index (χ2v) is 7.68. The van der Waals surface area contributed by atoms with E-state index in [-0.39, 0.29) is 5.60 Å². The van der Waals surface area contributed by atoms with Crippen LogP contribution in [0.3, 0.4) is 0 Å². The van der Waals surface area contributed by atoms with E-state index in [0.29, 0.717) is 26.2 Å². The van der Waals surface area contributed by atoms with Crippen LogP contribution in [-0.2, 0) is 14.8 Å². The Balaban J connectivity index is 4.34. The third kappa shape index (κ3) is 9.22. The summed E-state index contributed by atoms with van der Waals surface area (Å²) in [5.74, 6) is 0.718. The smallest absolute Gasteiger partial charge is 0.211 e. The largest absolute Gasteiger partial charge is 0.377 e. The highest BCUT2D eigenvalue weighted by molar-refractivity contribution is 7.88. The summed E-state index contributed by atoms with van der Waals surface area (Å²) in [6, 6.07) is 0. The molecule has 0 saturated heterocycles. The molecule has 0 atom stereocenters. The van der Waals surface area contributed by atoms with Crippen LogP contribution in [0, 0.1) is 0 Å². The zero-order chi connectivity index (χ0) is 17.2. The van der Waals surface area contributed by atoms with E-state index >= 15 is 0 Å². The number of nitrogens with one attached hydrogen (secondary N) is 2. The average Bonchev–Trinajstić information content (AvgIpc) is 2.43. The second kappa shape index (κ2) is 10.0. The van der Waals surface area contributed by atoms with Crippen LogP contribution < -0.4 is 10.6 Å². The molecule has 0 aromatic rings. The number of sulfonamides is 1. The second-order valence-electron chi connectivity index (χ2n) is 5.69. The molecule has 132 valence electrons. The van der Waals surface area contributed by atoms with Crippen LogP contribution in [0.4, 0.5) is 0 Å². The molecule has 22 heavy (non-hydrogen) atoms. The van der Waals surface area contributed by atoms with Gasteiger partial charge in [-0.2, -0.15) is 0 Å². The topological polar surface area (TPSA) is 83.0 Å². The maximum absolute atomic E-state index is 11.5. The van der Waals surface area contributed by atoms with E-state index in [1.54, 1.807) is 7.11 Å². The summed E-state index contributed by atoms with van der Waals surface area (Å²) in [7, 11) is -1.45. The van der Waals surface area contributed by atoms with E-state index in [1.807, 2.05) is 27.7 Å². The van der Waals surface area contributed by atoms with E-state index < -0.39 is 10.0 Å². The first-order valence-electron chi connectivity index (χ1n) is 7.68. The molecule has 0 spiro atoms. The summed E-state index contributed by atoms with van der Waals surface area (Å²) < 4.78 is 29.8. The van der Waals surface area contributed by atoms with Gasteiger partial charge in [-0.1, -0.05) is 6.92 Å². The van der Waals surface area contributed by atoms with Crippen molar-refractivity contribution in [3.05, 3.63) is 0 Å². The van der Waals surface area contributed by atoms with Crippen molar-refractivity contribution in [2.24, 2.45) is 4.99 Å². The van der Waals surface area contributed by atoms with E-state index in [9.17, 15) is 8.42 Å². The van der Waals surface area contributed by atoms with Gasteiger partial charge in [0.2, 0.25) is 10.0 Å². The Kier molecular flexibility index (Phi) is 9.63. The van der Waals surface area contributed by atoms with E-state index in [0.717, 1.165) is 18.9 Å². The quantitative estimate of drug-likeness (QED) is 0.347. The Morgan fingerprint density at radius 1 is 1.27 bits per heavy atom. The summed E-state index contributed by atoms with van der Waals surface area (Å²) >= 11 is 0. The van der Waals surface area contributed by atoms with Crippen molar-refractivity contribution in [3.63, 3.8) is 0 Å². The van der Waals surface area contributed by atoms with Crippen molar-refractivity contribution in [1.82, 2.24) is 14.9 Å². The Bertz CT molecular complexity index is 435. The van der Waals surface area contributed by atoms with Gasteiger partial charge in [-0.15, -0.1) is 0 Å². The van der Waals surface area contributed by atoms with Crippen LogP contribution in [0.1, 0.15) is 34.1 Å². The molecule has 0 aromatic heterocycles. The Hall–Kier alpha value is -0.860. The number of methoxy groups -OCH3 is 1. The zero-order valence-corrected chi connectivity index (χ0v) is 15.6. The molecule has 2 N–H and O–H groups in total. The van der Waals surface area contributed by atoms with Crippen molar-refractivity contribution < 1.29 is 13.2 Å². The summed E-state index contributed by atoms with van der Waals surface area (Å²) in [6.07, 6.45) is 1.96. The van der Waals surface area contributed by atoms with Crippen molar-refractivity contribution in [1.29, 1.82) is 0 Å². The number of rotatable bonds is 10. The van der Waals surface area contributed by atoms with Crippen LogP contribution in [-0.4, -0.2) is 70.4 Å². The SMILES string of the molecule is CCNC(=NCC(C)(C)OC)NCCCN(CC)S(C)(=O)=O. The lowest BCUT2D eigenvalue weighted by molar-refractivity contribution is 0.0310. The lowest BCUT2D eigenvalue weighted by atomic mass is 10.1. The van der Waals surface area contributed by atoms with E-state index in [4.69, 9.17) is 4.74 Å². The van der Waals surface area contributed by atoms with Crippen LogP contribution in [0.25, 0.3) is 0 Å². The minimum absolute atomic E-state index is 0.308. The molecule has 0 heterocycles. The van der Waals surface area contributed by atoms with Crippen LogP contribution in [0.5, 0.6) is 0 Å². The molecule has 0 fully saturated rings. The number of ether oxygens (including phenoxy) is 1. The monoisotopic (exact) mass is 336 g/mol. The number of aliphatic imine (C=N–C) groups is 1. The van der Waals surface area contributed by atoms with Crippen LogP contribution in [0.15, 0.2) is 4.99 Å². The predicted molar refractivity (Wildman–Crippen MR) is 91.8 cm³/mol. The molecule has 0 saturated carbocycles. The van der Waals surface area contributed by atoms with Crippen molar-refractivity contribution >= 4 is 16.0 Å². The third-order valence-corrected chi connectivity index (χ3v) is 4.59. The standard InChI is InChI=1S/C14H32N4O3S/c1-7-15-13(17-12-14(3,4)21-5)16-10-9-11-18(8-2)22(6,19)20/h7-12H2,1-6H3,(H2,15,16,17). The number of hydrogen-bond acceptors (Lipinski definition) is 4. The van der Waals surface area contributed by atoms with Gasteiger partial charge in [0.25, 0.3) is 0 Å². The first-order valence-corrected chi connectivity index (χ1v) is 9.53. The molecule has 0 unspecified atom stereocenters. The summed E-state index contributed by atoms with van der Waals surface area (Å²) in [4.78, 5) is 4.48. The number of hydrogen-bond donors (Lipinski definition) is 2. The van der Waals surface area contributed by atoms with Gasteiger partial charge in [0.1, 0.15) is 0 Å². The molecular formula is C14H32N4O3S. The number of guanidine groups is 1. The Morgan fingerprint density at radius 2 is 1.91 bits per heavy atom. The minimum Gasteiger partial charge on any atom is -0.377 e. The van der Waals surface area contributed by atoms with Crippen molar-refractivity contribution in [2.45, 2.75) is 39.7 Å². The summed E-state index contributed by atoms with van der Waals surface area (Å²) in [5, 5.41) is 6.37. The Morgan fingerprint density at radius 3 is 2.36 bits per heavy atom. The van der Waals surface area contributed by atoms with E-state index in [1.165, 1.54) is 10.6 Å². The predicted octanol–water partition coefficient (Wildman–Crippen LogP) is 0.638. The molecule has 0 bridgehead atoms. The van der Waals surface area contributed by atoms with Gasteiger partial charge in [0.05, 0.1) is 18.4 Å². The first-order chi connectivity index (χ1) is 10.2. The lowest BCUT2D eigenvalue weighted by Crippen LogP contribution is -2.40. The molecular weight excluding hydrogens is 304 g/mol. The highest BCUT2D eigenvalue weighted by Crippen LogP contribution is 2.06. The van der Waals surface area contributed by atoms with Crippen LogP contribution in [0.2, 0.25) is 0 Å². The molecule has 0 aliphatic heterocycles. The maximum Gasteiger partial charge on any atom is 0.211 e. The molecule has 0 aromatic carbocycles. The van der Waals surface area contributed by atoms with Gasteiger partial charge >= 0.3 is 0 Å². The summed E-state index contributed by atoms with van der Waals surface area (Å²) in [6.45, 7) is 10.8. The fraction of sp³-hybridized carbons (Fsp3) is 0.929. The highest BCUT2D eigenvalue weighted by Gasteiger charge is 2.16. The molecule has 0 aliphatic rings. The average molecular weight is 337 g/mol. The third-order valence-electron chi connectivity index (χ3n) is 3.21. The van der Waals surface area contributed by atoms with Gasteiger partial charge < -0.3 is 15.4 Å². The normalized spacial score (nSPS) is 13.5. The molecule has 0 amide bonds. The van der Waals surface area contributed by atoms with Crippen LogP contribution >= 0.6 is 0 Å². The summed E-state index contributed by atoms with van der Waals surface area (Å²) in [5.41, 5.74) is -0.308. The zero-order valence-electron chi connectivity index (χ0n) is 14.8. The number of nitrogens with zero attached hydrogens (tertiary/aromatic N) is 2. The lowest BCUT2D eigenvalue weighted by Gasteiger charge is -2.21. The Labute approximate surface area is 135 Å². The molecule has 0 rings (SSSR count). The first kappa shape index (κ1) is 21.1. The molecule has 8 heteroatoms. The molecule has 0 aliphatic carbocycles. The van der Waals surface area contributed by atoms with Gasteiger partial charge in [0, 0.05) is 33.3 Å². The van der Waals surface area contributed by atoms with Gasteiger partial charge in [0.15, 0.2) is 5.96 Å². The minimum atomic E-state index is -3.12. The highest BCUT2D eigenvalue weighted by atomic mass is 32.2. The molecule has 7 nitrogen and oxygen atoms in total.